The SMILES string of the molecule is CCOC(=O)CN(c1ccnc(C(=O)OC)c1)C(C)C. The molecule has 1 aromatic heterocycles. The zero-order valence-corrected chi connectivity index (χ0v) is 12.3. The molecule has 0 aliphatic carbocycles. The first-order chi connectivity index (χ1) is 9.49. The Morgan fingerprint density at radius 1 is 1.40 bits per heavy atom. The predicted molar refractivity (Wildman–Crippen MR) is 74.7 cm³/mol. The monoisotopic (exact) mass is 280 g/mol. The molecular weight excluding hydrogens is 260 g/mol. The summed E-state index contributed by atoms with van der Waals surface area (Å²) in [4.78, 5) is 28.9. The third kappa shape index (κ3) is 4.22. The van der Waals surface area contributed by atoms with Crippen molar-refractivity contribution in [2.45, 2.75) is 26.8 Å². The highest BCUT2D eigenvalue weighted by molar-refractivity contribution is 5.88. The van der Waals surface area contributed by atoms with E-state index in [9.17, 15) is 9.59 Å². The van der Waals surface area contributed by atoms with Gasteiger partial charge in [0.25, 0.3) is 0 Å². The molecule has 0 atom stereocenters. The van der Waals surface area contributed by atoms with Gasteiger partial charge in [0.2, 0.25) is 0 Å². The molecule has 0 aliphatic heterocycles. The van der Waals surface area contributed by atoms with E-state index in [0.717, 1.165) is 5.69 Å². The highest BCUT2D eigenvalue weighted by atomic mass is 16.5. The molecule has 0 radical (unpaired) electrons. The molecule has 1 aromatic rings. The molecule has 1 rings (SSSR count). The average Bonchev–Trinajstić information content (AvgIpc) is 2.44. The first-order valence-electron chi connectivity index (χ1n) is 6.46. The van der Waals surface area contributed by atoms with Gasteiger partial charge in [-0.2, -0.15) is 0 Å². The van der Waals surface area contributed by atoms with Crippen molar-refractivity contribution in [2.75, 3.05) is 25.2 Å². The molecule has 20 heavy (non-hydrogen) atoms. The summed E-state index contributed by atoms with van der Waals surface area (Å²) >= 11 is 0. The van der Waals surface area contributed by atoms with Gasteiger partial charge in [0.15, 0.2) is 0 Å². The number of ether oxygens (including phenoxy) is 2. The van der Waals surface area contributed by atoms with Crippen LogP contribution in [0, 0.1) is 0 Å². The van der Waals surface area contributed by atoms with Crippen LogP contribution in [0.2, 0.25) is 0 Å². The number of methoxy groups -OCH3 is 1. The summed E-state index contributed by atoms with van der Waals surface area (Å²) in [7, 11) is 1.30. The highest BCUT2D eigenvalue weighted by Gasteiger charge is 2.17. The molecule has 0 saturated heterocycles. The van der Waals surface area contributed by atoms with Gasteiger partial charge in [-0.05, 0) is 32.9 Å². The molecule has 0 fully saturated rings. The van der Waals surface area contributed by atoms with Crippen LogP contribution in [0.3, 0.4) is 0 Å². The molecule has 0 saturated carbocycles. The number of carbonyl (C=O) groups excluding carboxylic acids is 2. The molecule has 6 nitrogen and oxygen atoms in total. The summed E-state index contributed by atoms with van der Waals surface area (Å²) < 4.78 is 9.59. The van der Waals surface area contributed by atoms with Crippen molar-refractivity contribution in [3.05, 3.63) is 24.0 Å². The summed E-state index contributed by atoms with van der Waals surface area (Å²) in [5.41, 5.74) is 0.933. The Labute approximate surface area is 118 Å². The minimum Gasteiger partial charge on any atom is -0.465 e. The number of carbonyl (C=O) groups is 2. The lowest BCUT2D eigenvalue weighted by Crippen LogP contribution is -2.36. The van der Waals surface area contributed by atoms with Crippen LogP contribution in [0.1, 0.15) is 31.3 Å². The average molecular weight is 280 g/mol. The summed E-state index contributed by atoms with van der Waals surface area (Å²) in [6.45, 7) is 6.14. The fourth-order valence-electron chi connectivity index (χ4n) is 1.73. The maximum atomic E-state index is 11.6. The van der Waals surface area contributed by atoms with E-state index < -0.39 is 5.97 Å². The second-order valence-corrected chi connectivity index (χ2v) is 4.42. The van der Waals surface area contributed by atoms with E-state index in [1.54, 1.807) is 19.1 Å². The van der Waals surface area contributed by atoms with Crippen molar-refractivity contribution in [3.8, 4) is 0 Å². The summed E-state index contributed by atoms with van der Waals surface area (Å²) in [6.07, 6.45) is 1.52. The first-order valence-corrected chi connectivity index (χ1v) is 6.46. The number of aromatic nitrogens is 1. The van der Waals surface area contributed by atoms with Crippen molar-refractivity contribution in [1.29, 1.82) is 0 Å². The van der Waals surface area contributed by atoms with Crippen LogP contribution in [0.15, 0.2) is 18.3 Å². The van der Waals surface area contributed by atoms with Crippen molar-refractivity contribution < 1.29 is 19.1 Å². The molecule has 6 heteroatoms. The van der Waals surface area contributed by atoms with Crippen LogP contribution in [-0.4, -0.2) is 43.2 Å². The van der Waals surface area contributed by atoms with Crippen LogP contribution < -0.4 is 4.90 Å². The quantitative estimate of drug-likeness (QED) is 0.738. The maximum Gasteiger partial charge on any atom is 0.356 e. The van der Waals surface area contributed by atoms with E-state index in [-0.39, 0.29) is 24.2 Å². The Balaban J connectivity index is 2.97. The van der Waals surface area contributed by atoms with E-state index in [4.69, 9.17) is 4.74 Å². The Morgan fingerprint density at radius 3 is 2.65 bits per heavy atom. The van der Waals surface area contributed by atoms with Crippen molar-refractivity contribution in [1.82, 2.24) is 4.98 Å². The molecule has 0 amide bonds. The Bertz CT molecular complexity index is 474. The number of hydrogen-bond donors (Lipinski definition) is 0. The third-order valence-electron chi connectivity index (χ3n) is 2.70. The second-order valence-electron chi connectivity index (χ2n) is 4.42. The molecular formula is C14H20N2O4. The lowest BCUT2D eigenvalue weighted by molar-refractivity contribution is -0.141. The fourth-order valence-corrected chi connectivity index (χ4v) is 1.73. The molecule has 0 aromatic carbocycles. The van der Waals surface area contributed by atoms with Crippen LogP contribution in [0.4, 0.5) is 5.69 Å². The third-order valence-corrected chi connectivity index (χ3v) is 2.70. The topological polar surface area (TPSA) is 68.7 Å². The summed E-state index contributed by atoms with van der Waals surface area (Å²) in [5, 5.41) is 0. The molecule has 0 aliphatic rings. The molecule has 0 N–H and O–H groups in total. The van der Waals surface area contributed by atoms with E-state index in [0.29, 0.717) is 6.61 Å². The lowest BCUT2D eigenvalue weighted by Gasteiger charge is -2.28. The molecule has 0 unspecified atom stereocenters. The normalized spacial score (nSPS) is 10.2. The van der Waals surface area contributed by atoms with Gasteiger partial charge in [-0.1, -0.05) is 0 Å². The van der Waals surface area contributed by atoms with Gasteiger partial charge in [-0.15, -0.1) is 0 Å². The maximum absolute atomic E-state index is 11.6. The smallest absolute Gasteiger partial charge is 0.356 e. The van der Waals surface area contributed by atoms with Crippen LogP contribution >= 0.6 is 0 Å². The van der Waals surface area contributed by atoms with Crippen molar-refractivity contribution >= 4 is 17.6 Å². The first kappa shape index (κ1) is 15.9. The Hall–Kier alpha value is -2.11. The lowest BCUT2D eigenvalue weighted by atomic mass is 10.2. The minimum atomic E-state index is -0.508. The summed E-state index contributed by atoms with van der Waals surface area (Å²) in [6, 6.07) is 3.42. The summed E-state index contributed by atoms with van der Waals surface area (Å²) in [5.74, 6) is -0.815. The van der Waals surface area contributed by atoms with Crippen LogP contribution in [0.5, 0.6) is 0 Å². The predicted octanol–water partition coefficient (Wildman–Crippen LogP) is 1.65. The zero-order chi connectivity index (χ0) is 15.1. The van der Waals surface area contributed by atoms with Gasteiger partial charge in [0.1, 0.15) is 12.2 Å². The van der Waals surface area contributed by atoms with Gasteiger partial charge >= 0.3 is 11.9 Å². The highest BCUT2D eigenvalue weighted by Crippen LogP contribution is 2.18. The molecule has 0 spiro atoms. The van der Waals surface area contributed by atoms with E-state index in [2.05, 4.69) is 9.72 Å². The van der Waals surface area contributed by atoms with E-state index >= 15 is 0 Å². The van der Waals surface area contributed by atoms with Gasteiger partial charge in [-0.25, -0.2) is 9.78 Å². The van der Waals surface area contributed by atoms with Gasteiger partial charge < -0.3 is 14.4 Å². The molecule has 1 heterocycles. The standard InChI is InChI=1S/C14H20N2O4/c1-5-20-13(17)9-16(10(2)3)11-6-7-15-12(8-11)14(18)19-4/h6-8,10H,5,9H2,1-4H3. The number of esters is 2. The van der Waals surface area contributed by atoms with Crippen LogP contribution in [-0.2, 0) is 14.3 Å². The molecule has 110 valence electrons. The minimum absolute atomic E-state index is 0.0762. The number of pyridine rings is 1. The molecule has 0 bridgehead atoms. The largest absolute Gasteiger partial charge is 0.465 e. The number of rotatable bonds is 6. The van der Waals surface area contributed by atoms with Crippen molar-refractivity contribution in [3.63, 3.8) is 0 Å². The van der Waals surface area contributed by atoms with Crippen molar-refractivity contribution in [2.24, 2.45) is 0 Å². The fraction of sp³-hybridized carbons (Fsp3) is 0.500. The number of anilines is 1. The van der Waals surface area contributed by atoms with Crippen LogP contribution in [0.25, 0.3) is 0 Å². The van der Waals surface area contributed by atoms with E-state index in [1.165, 1.54) is 13.3 Å². The zero-order valence-electron chi connectivity index (χ0n) is 12.3. The number of nitrogens with zero attached hydrogens (tertiary/aromatic N) is 2. The van der Waals surface area contributed by atoms with E-state index in [1.807, 2.05) is 18.7 Å². The second kappa shape index (κ2) is 7.47. The number of hydrogen-bond acceptors (Lipinski definition) is 6. The Kier molecular flexibility index (Phi) is 5.96. The van der Waals surface area contributed by atoms with Gasteiger partial charge in [-0.3, -0.25) is 4.79 Å². The van der Waals surface area contributed by atoms with Gasteiger partial charge in [0.05, 0.1) is 13.7 Å². The Morgan fingerprint density at radius 2 is 2.10 bits per heavy atom. The van der Waals surface area contributed by atoms with Gasteiger partial charge in [0, 0.05) is 17.9 Å².